The topological polar surface area (TPSA) is 118 Å². The number of ether oxygens (including phenoxy) is 3. The van der Waals surface area contributed by atoms with Gasteiger partial charge in [-0.3, -0.25) is 15.1 Å². The van der Waals surface area contributed by atoms with Crippen LogP contribution in [0.1, 0.15) is 20.7 Å². The number of para-hydroxylation sites is 1. The summed E-state index contributed by atoms with van der Waals surface area (Å²) >= 11 is 0. The maximum absolute atomic E-state index is 12.7. The molecule has 0 amide bonds. The number of carbonyl (C=O) groups is 2. The number of methoxy groups -OCH3 is 3. The summed E-state index contributed by atoms with van der Waals surface area (Å²) in [7, 11) is 3.67. The van der Waals surface area contributed by atoms with E-state index in [2.05, 4.69) is 4.98 Å². The van der Waals surface area contributed by atoms with Crippen LogP contribution in [0.4, 0.5) is 5.69 Å². The van der Waals surface area contributed by atoms with Crippen LogP contribution < -0.4 is 4.74 Å². The maximum Gasteiger partial charge on any atom is 0.342 e. The van der Waals surface area contributed by atoms with Crippen molar-refractivity contribution in [3.05, 3.63) is 63.8 Å². The fourth-order valence-corrected chi connectivity index (χ4v) is 3.16. The number of hydrogen-bond donors (Lipinski definition) is 0. The monoisotopic (exact) mass is 396 g/mol. The smallest absolute Gasteiger partial charge is 0.342 e. The van der Waals surface area contributed by atoms with Crippen LogP contribution in [0.15, 0.2) is 42.6 Å². The molecule has 0 aliphatic heterocycles. The highest BCUT2D eigenvalue weighted by molar-refractivity contribution is 6.15. The highest BCUT2D eigenvalue weighted by Gasteiger charge is 2.28. The summed E-state index contributed by atoms with van der Waals surface area (Å²) in [5, 5.41) is 11.8. The molecule has 3 aromatic rings. The standard InChI is InChI=1S/C20H16N2O7/c1-27-18-13(19(23)28-2)10-14-16(17(18)20(24)29-3)12(8-9-21-14)11-6-4-5-7-15(11)22(25)26/h4-10H,1-3H3. The zero-order valence-corrected chi connectivity index (χ0v) is 15.8. The van der Waals surface area contributed by atoms with Crippen LogP contribution in [0.2, 0.25) is 0 Å². The molecule has 0 fully saturated rings. The van der Waals surface area contributed by atoms with Crippen molar-refractivity contribution in [2.75, 3.05) is 21.3 Å². The van der Waals surface area contributed by atoms with E-state index in [4.69, 9.17) is 14.2 Å². The van der Waals surface area contributed by atoms with Crippen molar-refractivity contribution in [2.24, 2.45) is 0 Å². The lowest BCUT2D eigenvalue weighted by atomic mass is 9.94. The largest absolute Gasteiger partial charge is 0.495 e. The molecule has 0 aliphatic rings. The third-order valence-electron chi connectivity index (χ3n) is 4.37. The average Bonchev–Trinajstić information content (AvgIpc) is 2.75. The van der Waals surface area contributed by atoms with Gasteiger partial charge in [-0.2, -0.15) is 0 Å². The second-order valence-electron chi connectivity index (χ2n) is 5.84. The summed E-state index contributed by atoms with van der Waals surface area (Å²) in [6.07, 6.45) is 1.43. The minimum absolute atomic E-state index is 0.0184. The quantitative estimate of drug-likeness (QED) is 0.366. The fraction of sp³-hybridized carbons (Fsp3) is 0.150. The van der Waals surface area contributed by atoms with Crippen LogP contribution in [-0.4, -0.2) is 43.2 Å². The number of carbonyl (C=O) groups excluding carboxylic acids is 2. The van der Waals surface area contributed by atoms with Crippen LogP contribution in [0.3, 0.4) is 0 Å². The number of benzene rings is 2. The fourth-order valence-electron chi connectivity index (χ4n) is 3.16. The average molecular weight is 396 g/mol. The van der Waals surface area contributed by atoms with Gasteiger partial charge in [0.15, 0.2) is 0 Å². The molecular formula is C20H16N2O7. The molecule has 0 radical (unpaired) electrons. The van der Waals surface area contributed by atoms with E-state index in [0.717, 1.165) is 0 Å². The Balaban J connectivity index is 2.52. The van der Waals surface area contributed by atoms with E-state index in [1.54, 1.807) is 24.3 Å². The van der Waals surface area contributed by atoms with E-state index in [-0.39, 0.29) is 39.0 Å². The van der Waals surface area contributed by atoms with Gasteiger partial charge >= 0.3 is 11.9 Å². The Morgan fingerprint density at radius 2 is 1.69 bits per heavy atom. The third kappa shape index (κ3) is 3.33. The number of esters is 2. The van der Waals surface area contributed by atoms with Gasteiger partial charge in [0, 0.05) is 23.2 Å². The number of hydrogen-bond acceptors (Lipinski definition) is 8. The van der Waals surface area contributed by atoms with Gasteiger partial charge in [-0.25, -0.2) is 9.59 Å². The highest BCUT2D eigenvalue weighted by Crippen LogP contribution is 2.40. The predicted octanol–water partition coefficient (Wildman–Crippen LogP) is 3.39. The summed E-state index contributed by atoms with van der Waals surface area (Å²) < 4.78 is 15.0. The van der Waals surface area contributed by atoms with Gasteiger partial charge in [-0.15, -0.1) is 0 Å². The van der Waals surface area contributed by atoms with Crippen LogP contribution >= 0.6 is 0 Å². The Labute approximate surface area is 165 Å². The first-order valence-electron chi connectivity index (χ1n) is 8.34. The van der Waals surface area contributed by atoms with Gasteiger partial charge in [-0.05, 0) is 18.2 Å². The van der Waals surface area contributed by atoms with Gasteiger partial charge in [0.1, 0.15) is 16.9 Å². The van der Waals surface area contributed by atoms with Crippen molar-refractivity contribution < 1.29 is 28.7 Å². The van der Waals surface area contributed by atoms with Crippen molar-refractivity contribution in [3.63, 3.8) is 0 Å². The van der Waals surface area contributed by atoms with E-state index in [1.807, 2.05) is 0 Å². The van der Waals surface area contributed by atoms with E-state index in [1.165, 1.54) is 39.7 Å². The summed E-state index contributed by atoms with van der Waals surface area (Å²) in [4.78, 5) is 40.1. The lowest BCUT2D eigenvalue weighted by Gasteiger charge is -2.16. The van der Waals surface area contributed by atoms with E-state index < -0.39 is 16.9 Å². The minimum atomic E-state index is -0.787. The second-order valence-corrected chi connectivity index (χ2v) is 5.84. The molecular weight excluding hydrogens is 380 g/mol. The Morgan fingerprint density at radius 3 is 2.31 bits per heavy atom. The van der Waals surface area contributed by atoms with E-state index >= 15 is 0 Å². The zero-order chi connectivity index (χ0) is 21.1. The van der Waals surface area contributed by atoms with Crippen LogP contribution in [-0.2, 0) is 9.47 Å². The number of rotatable bonds is 5. The van der Waals surface area contributed by atoms with Crippen LogP contribution in [0, 0.1) is 10.1 Å². The Kier molecular flexibility index (Phi) is 5.40. The first-order valence-corrected chi connectivity index (χ1v) is 8.34. The highest BCUT2D eigenvalue weighted by atomic mass is 16.6. The normalized spacial score (nSPS) is 10.4. The molecule has 0 saturated carbocycles. The SMILES string of the molecule is COC(=O)c1cc2nccc(-c3ccccc3[N+](=O)[O-])c2c(C(=O)OC)c1OC. The number of fused-ring (bicyclic) bond motifs is 1. The number of nitro groups is 1. The van der Waals surface area contributed by atoms with Gasteiger partial charge in [0.25, 0.3) is 5.69 Å². The third-order valence-corrected chi connectivity index (χ3v) is 4.37. The molecule has 3 rings (SSSR count). The van der Waals surface area contributed by atoms with Crippen LogP contribution in [0.25, 0.3) is 22.0 Å². The first kappa shape index (κ1) is 19.7. The molecule has 0 bridgehead atoms. The Morgan fingerprint density at radius 1 is 1.00 bits per heavy atom. The summed E-state index contributed by atoms with van der Waals surface area (Å²) in [5.74, 6) is -1.58. The second kappa shape index (κ2) is 7.93. The number of nitro benzene ring substituents is 1. The van der Waals surface area contributed by atoms with Gasteiger partial charge in [-0.1, -0.05) is 12.1 Å². The molecule has 0 N–H and O–H groups in total. The summed E-state index contributed by atoms with van der Waals surface area (Å²) in [6, 6.07) is 9.07. The molecule has 2 aromatic carbocycles. The molecule has 9 nitrogen and oxygen atoms in total. The summed E-state index contributed by atoms with van der Waals surface area (Å²) in [6.45, 7) is 0. The number of nitrogens with zero attached hydrogens (tertiary/aromatic N) is 2. The molecule has 29 heavy (non-hydrogen) atoms. The minimum Gasteiger partial charge on any atom is -0.495 e. The lowest BCUT2D eigenvalue weighted by molar-refractivity contribution is -0.384. The molecule has 0 atom stereocenters. The van der Waals surface area contributed by atoms with Gasteiger partial charge < -0.3 is 14.2 Å². The number of aromatic nitrogens is 1. The molecule has 0 saturated heterocycles. The van der Waals surface area contributed by atoms with E-state index in [0.29, 0.717) is 5.56 Å². The molecule has 148 valence electrons. The lowest BCUT2D eigenvalue weighted by Crippen LogP contribution is -2.12. The van der Waals surface area contributed by atoms with Crippen molar-refractivity contribution in [2.45, 2.75) is 0 Å². The molecule has 0 aliphatic carbocycles. The Hall–Kier alpha value is -4.01. The molecule has 1 aromatic heterocycles. The van der Waals surface area contributed by atoms with Crippen molar-refractivity contribution >= 4 is 28.5 Å². The molecule has 9 heteroatoms. The summed E-state index contributed by atoms with van der Waals surface area (Å²) in [5.41, 5.74) is 0.665. The van der Waals surface area contributed by atoms with Crippen LogP contribution in [0.5, 0.6) is 5.75 Å². The molecule has 0 spiro atoms. The van der Waals surface area contributed by atoms with E-state index in [9.17, 15) is 19.7 Å². The first-order chi connectivity index (χ1) is 13.9. The Bertz CT molecular complexity index is 1140. The number of pyridine rings is 1. The van der Waals surface area contributed by atoms with Gasteiger partial charge in [0.05, 0.1) is 37.3 Å². The van der Waals surface area contributed by atoms with Gasteiger partial charge in [0.2, 0.25) is 0 Å². The van der Waals surface area contributed by atoms with Crippen molar-refractivity contribution in [3.8, 4) is 16.9 Å². The predicted molar refractivity (Wildman–Crippen MR) is 103 cm³/mol. The zero-order valence-electron chi connectivity index (χ0n) is 15.8. The molecule has 1 heterocycles. The van der Waals surface area contributed by atoms with Crippen molar-refractivity contribution in [1.82, 2.24) is 4.98 Å². The maximum atomic E-state index is 12.7. The molecule has 0 unspecified atom stereocenters. The van der Waals surface area contributed by atoms with Crippen molar-refractivity contribution in [1.29, 1.82) is 0 Å².